The number of hydrogen-bond acceptors (Lipinski definition) is 3. The molecule has 0 bridgehead atoms. The molecule has 2 aliphatic rings. The van der Waals surface area contributed by atoms with Crippen LogP contribution in [0.15, 0.2) is 48.6 Å². The molecular formula is C22H30N2O2. The first-order valence-electron chi connectivity index (χ1n) is 9.55. The van der Waals surface area contributed by atoms with E-state index in [1.165, 1.54) is 0 Å². The average molecular weight is 354 g/mol. The lowest BCUT2D eigenvalue weighted by molar-refractivity contribution is -0.135. The summed E-state index contributed by atoms with van der Waals surface area (Å²) in [6.45, 7) is 5.09. The maximum Gasteiger partial charge on any atom is 0.227 e. The lowest BCUT2D eigenvalue weighted by Gasteiger charge is -2.42. The molecule has 1 aromatic carbocycles. The van der Waals surface area contributed by atoms with Gasteiger partial charge in [0.1, 0.15) is 5.75 Å². The average Bonchev–Trinajstić information content (AvgIpc) is 2.63. The second kappa shape index (κ2) is 8.09. The van der Waals surface area contributed by atoms with Crippen molar-refractivity contribution < 1.29 is 9.90 Å². The highest BCUT2D eigenvalue weighted by Gasteiger charge is 2.32. The molecule has 1 saturated heterocycles. The number of piperidine rings is 1. The molecule has 1 N–H and O–H groups in total. The standard InChI is InChI=1S/C22H30N2O2/c1-22(12-4-3-5-13-22)17-24(19-10-14-23(2)15-11-19)21(26)16-18-6-8-20(25)9-7-18/h3-9,12,19,25H,10-11,13-17H2,1-2H3. The summed E-state index contributed by atoms with van der Waals surface area (Å²) in [4.78, 5) is 17.7. The zero-order valence-corrected chi connectivity index (χ0v) is 15.9. The van der Waals surface area contributed by atoms with Crippen molar-refractivity contribution in [3.8, 4) is 5.75 Å². The van der Waals surface area contributed by atoms with Gasteiger partial charge < -0.3 is 14.9 Å². The number of nitrogens with zero attached hydrogens (tertiary/aromatic N) is 2. The summed E-state index contributed by atoms with van der Waals surface area (Å²) in [6.07, 6.45) is 12.0. The Kier molecular flexibility index (Phi) is 5.82. The summed E-state index contributed by atoms with van der Waals surface area (Å²) >= 11 is 0. The Bertz CT molecular complexity index is 672. The lowest BCUT2D eigenvalue weighted by Crippen LogP contribution is -2.50. The maximum absolute atomic E-state index is 13.2. The van der Waals surface area contributed by atoms with E-state index >= 15 is 0 Å². The highest BCUT2D eigenvalue weighted by atomic mass is 16.3. The minimum Gasteiger partial charge on any atom is -0.508 e. The van der Waals surface area contributed by atoms with Crippen molar-refractivity contribution in [3.05, 3.63) is 54.1 Å². The summed E-state index contributed by atoms with van der Waals surface area (Å²) < 4.78 is 0. The van der Waals surface area contributed by atoms with Crippen LogP contribution in [0.2, 0.25) is 0 Å². The molecule has 0 radical (unpaired) electrons. The smallest absolute Gasteiger partial charge is 0.227 e. The minimum atomic E-state index is 0.00269. The van der Waals surface area contributed by atoms with E-state index in [9.17, 15) is 9.90 Å². The van der Waals surface area contributed by atoms with Gasteiger partial charge in [-0.05, 0) is 57.1 Å². The fraction of sp³-hybridized carbons (Fsp3) is 0.500. The third-order valence-electron chi connectivity index (χ3n) is 5.60. The van der Waals surface area contributed by atoms with E-state index < -0.39 is 0 Å². The van der Waals surface area contributed by atoms with E-state index in [1.807, 2.05) is 12.1 Å². The van der Waals surface area contributed by atoms with E-state index in [2.05, 4.69) is 48.1 Å². The van der Waals surface area contributed by atoms with Gasteiger partial charge in [0.2, 0.25) is 5.91 Å². The number of phenols is 1. The van der Waals surface area contributed by atoms with Crippen molar-refractivity contribution in [1.29, 1.82) is 0 Å². The van der Waals surface area contributed by atoms with Gasteiger partial charge in [0.05, 0.1) is 6.42 Å². The zero-order valence-electron chi connectivity index (χ0n) is 15.9. The number of carbonyl (C=O) groups excluding carboxylic acids is 1. The Morgan fingerprint density at radius 1 is 1.23 bits per heavy atom. The number of benzene rings is 1. The predicted octanol–water partition coefficient (Wildman–Crippen LogP) is 3.38. The number of phenolic OH excluding ortho intramolecular Hbond substituents is 1. The fourth-order valence-electron chi connectivity index (χ4n) is 3.90. The van der Waals surface area contributed by atoms with E-state index in [4.69, 9.17) is 0 Å². The normalized spacial score (nSPS) is 23.9. The van der Waals surface area contributed by atoms with Gasteiger partial charge in [-0.15, -0.1) is 0 Å². The van der Waals surface area contributed by atoms with Crippen LogP contribution in [0.5, 0.6) is 5.75 Å². The van der Waals surface area contributed by atoms with Gasteiger partial charge in [-0.1, -0.05) is 43.4 Å². The molecule has 1 heterocycles. The van der Waals surface area contributed by atoms with E-state index in [0.717, 1.165) is 44.5 Å². The van der Waals surface area contributed by atoms with E-state index in [-0.39, 0.29) is 17.1 Å². The maximum atomic E-state index is 13.2. The molecule has 0 saturated carbocycles. The van der Waals surface area contributed by atoms with Gasteiger partial charge in [0.25, 0.3) is 0 Å². The van der Waals surface area contributed by atoms with Gasteiger partial charge in [-0.3, -0.25) is 4.79 Å². The molecule has 3 rings (SSSR count). The number of amides is 1. The van der Waals surface area contributed by atoms with Gasteiger partial charge in [0.15, 0.2) is 0 Å². The lowest BCUT2D eigenvalue weighted by atomic mass is 9.82. The minimum absolute atomic E-state index is 0.00269. The van der Waals surface area contributed by atoms with Crippen LogP contribution in [-0.4, -0.2) is 53.5 Å². The van der Waals surface area contributed by atoms with Crippen LogP contribution in [-0.2, 0) is 11.2 Å². The first kappa shape index (κ1) is 18.7. The van der Waals surface area contributed by atoms with Gasteiger partial charge in [-0.25, -0.2) is 0 Å². The van der Waals surface area contributed by atoms with Crippen LogP contribution in [0.3, 0.4) is 0 Å². The number of hydrogen-bond donors (Lipinski definition) is 1. The monoisotopic (exact) mass is 354 g/mol. The Morgan fingerprint density at radius 2 is 1.92 bits per heavy atom. The number of aromatic hydroxyl groups is 1. The number of carbonyl (C=O) groups is 1. The van der Waals surface area contributed by atoms with Crippen LogP contribution in [0.1, 0.15) is 31.7 Å². The SMILES string of the molecule is CN1CCC(N(CC2(C)C=CC=CC2)C(=O)Cc2ccc(O)cc2)CC1. The third-order valence-corrected chi connectivity index (χ3v) is 5.60. The summed E-state index contributed by atoms with van der Waals surface area (Å²) in [5.74, 6) is 0.425. The highest BCUT2D eigenvalue weighted by Crippen LogP contribution is 2.31. The van der Waals surface area contributed by atoms with E-state index in [1.54, 1.807) is 12.1 Å². The van der Waals surface area contributed by atoms with Gasteiger partial charge in [0, 0.05) is 18.0 Å². The molecular weight excluding hydrogens is 324 g/mol. The van der Waals surface area contributed by atoms with Crippen molar-refractivity contribution in [2.24, 2.45) is 5.41 Å². The molecule has 1 amide bonds. The molecule has 0 spiro atoms. The van der Waals surface area contributed by atoms with Crippen molar-refractivity contribution in [3.63, 3.8) is 0 Å². The number of likely N-dealkylation sites (tertiary alicyclic amines) is 1. The van der Waals surface area contributed by atoms with Crippen LogP contribution >= 0.6 is 0 Å². The molecule has 0 aromatic heterocycles. The first-order valence-corrected chi connectivity index (χ1v) is 9.55. The van der Waals surface area contributed by atoms with Crippen LogP contribution in [0, 0.1) is 5.41 Å². The molecule has 1 aliphatic carbocycles. The largest absolute Gasteiger partial charge is 0.508 e. The Labute approximate surface area is 156 Å². The molecule has 140 valence electrons. The zero-order chi connectivity index (χ0) is 18.6. The van der Waals surface area contributed by atoms with Gasteiger partial charge >= 0.3 is 0 Å². The van der Waals surface area contributed by atoms with Gasteiger partial charge in [-0.2, -0.15) is 0 Å². The molecule has 26 heavy (non-hydrogen) atoms. The summed E-state index contributed by atoms with van der Waals surface area (Å²) in [5.41, 5.74) is 0.956. The van der Waals surface area contributed by atoms with Crippen LogP contribution in [0.4, 0.5) is 0 Å². The molecule has 1 fully saturated rings. The van der Waals surface area contributed by atoms with Crippen LogP contribution in [0.25, 0.3) is 0 Å². The van der Waals surface area contributed by atoms with Crippen molar-refractivity contribution >= 4 is 5.91 Å². The fourth-order valence-corrected chi connectivity index (χ4v) is 3.90. The third kappa shape index (κ3) is 4.76. The topological polar surface area (TPSA) is 43.8 Å². The highest BCUT2D eigenvalue weighted by molar-refractivity contribution is 5.79. The summed E-state index contributed by atoms with van der Waals surface area (Å²) in [7, 11) is 2.15. The Hall–Kier alpha value is -2.07. The summed E-state index contributed by atoms with van der Waals surface area (Å²) in [5, 5.41) is 9.46. The molecule has 1 unspecified atom stereocenters. The van der Waals surface area contributed by atoms with E-state index in [0.29, 0.717) is 12.5 Å². The quantitative estimate of drug-likeness (QED) is 0.882. The molecule has 1 aromatic rings. The molecule has 4 heteroatoms. The van der Waals surface area contributed by atoms with Crippen molar-refractivity contribution in [2.75, 3.05) is 26.7 Å². The molecule has 1 atom stereocenters. The van der Waals surface area contributed by atoms with Crippen molar-refractivity contribution in [1.82, 2.24) is 9.80 Å². The van der Waals surface area contributed by atoms with Crippen molar-refractivity contribution in [2.45, 2.75) is 38.6 Å². The Balaban J connectivity index is 1.75. The second-order valence-electron chi connectivity index (χ2n) is 8.04. The Morgan fingerprint density at radius 3 is 2.54 bits per heavy atom. The second-order valence-corrected chi connectivity index (χ2v) is 8.04. The first-order chi connectivity index (χ1) is 12.5. The molecule has 4 nitrogen and oxygen atoms in total. The summed E-state index contributed by atoms with van der Waals surface area (Å²) in [6, 6.07) is 7.29. The molecule has 1 aliphatic heterocycles. The predicted molar refractivity (Wildman–Crippen MR) is 105 cm³/mol. The number of allylic oxidation sites excluding steroid dienone is 3. The number of rotatable bonds is 5. The van der Waals surface area contributed by atoms with Crippen LogP contribution < -0.4 is 0 Å².